The molecule has 0 aliphatic carbocycles. The molecule has 0 spiro atoms. The zero-order valence-corrected chi connectivity index (χ0v) is 13.0. The topological polar surface area (TPSA) is 67.3 Å². The maximum Gasteiger partial charge on any atom is 0.294 e. The molecule has 2 aromatic heterocycles. The second-order valence-electron chi connectivity index (χ2n) is 5.85. The molecule has 1 atom stereocenters. The number of likely N-dealkylation sites (N-methyl/N-ethyl adjacent to an activating group) is 1. The molecule has 1 aromatic carbocycles. The zero-order valence-electron chi connectivity index (χ0n) is 13.0. The number of aromatic nitrogens is 2. The highest BCUT2D eigenvalue weighted by Gasteiger charge is 2.27. The number of rotatable bonds is 2. The summed E-state index contributed by atoms with van der Waals surface area (Å²) < 4.78 is 24.6. The van der Waals surface area contributed by atoms with Gasteiger partial charge in [0.1, 0.15) is 11.4 Å². The van der Waals surface area contributed by atoms with Crippen molar-refractivity contribution >= 4 is 11.0 Å². The molecule has 1 fully saturated rings. The van der Waals surface area contributed by atoms with Crippen molar-refractivity contribution in [3.8, 4) is 11.7 Å². The van der Waals surface area contributed by atoms with Gasteiger partial charge in [-0.15, -0.1) is 0 Å². The molecular weight excluding hydrogens is 299 g/mol. The van der Waals surface area contributed by atoms with Crippen LogP contribution in [0.3, 0.4) is 0 Å². The summed E-state index contributed by atoms with van der Waals surface area (Å²) in [5, 5.41) is 8.14. The lowest BCUT2D eigenvalue weighted by molar-refractivity contribution is 0.190. The van der Waals surface area contributed by atoms with Crippen LogP contribution in [0, 0.1) is 12.7 Å². The normalized spacial score (nSPS) is 19.5. The predicted octanol–water partition coefficient (Wildman–Crippen LogP) is 2.51. The van der Waals surface area contributed by atoms with Crippen LogP contribution in [0.15, 0.2) is 27.1 Å². The number of furan rings is 1. The summed E-state index contributed by atoms with van der Waals surface area (Å²) in [4.78, 5) is 6.67. The van der Waals surface area contributed by atoms with Crippen LogP contribution in [0.5, 0.6) is 0 Å². The molecule has 1 unspecified atom stereocenters. The predicted molar refractivity (Wildman–Crippen MR) is 82.4 cm³/mol. The Kier molecular flexibility index (Phi) is 3.39. The fraction of sp³-hybridized carbons (Fsp3) is 0.375. The molecule has 120 valence electrons. The highest BCUT2D eigenvalue weighted by molar-refractivity contribution is 5.86. The summed E-state index contributed by atoms with van der Waals surface area (Å²) in [7, 11) is 2.04. The smallest absolute Gasteiger partial charge is 0.294 e. The maximum atomic E-state index is 13.4. The second kappa shape index (κ2) is 5.43. The van der Waals surface area contributed by atoms with Gasteiger partial charge in [0.2, 0.25) is 0 Å². The van der Waals surface area contributed by atoms with Gasteiger partial charge in [-0.3, -0.25) is 4.90 Å². The van der Waals surface area contributed by atoms with E-state index in [0.717, 1.165) is 30.6 Å². The number of nitrogens with zero attached hydrogens (tertiary/aromatic N) is 3. The van der Waals surface area contributed by atoms with Crippen molar-refractivity contribution in [3.63, 3.8) is 0 Å². The van der Waals surface area contributed by atoms with E-state index < -0.39 is 0 Å². The molecule has 0 radical (unpaired) electrons. The van der Waals surface area contributed by atoms with Crippen molar-refractivity contribution in [1.82, 2.24) is 20.4 Å². The van der Waals surface area contributed by atoms with Crippen LogP contribution in [0.25, 0.3) is 22.6 Å². The maximum absolute atomic E-state index is 13.4. The first-order valence-electron chi connectivity index (χ1n) is 7.57. The molecule has 23 heavy (non-hydrogen) atoms. The number of piperazine rings is 1. The highest BCUT2D eigenvalue weighted by atomic mass is 19.1. The molecular formula is C16H17FN4O2. The van der Waals surface area contributed by atoms with Crippen molar-refractivity contribution in [2.45, 2.75) is 13.0 Å². The molecule has 6 nitrogen and oxygen atoms in total. The average Bonchev–Trinajstić information content (AvgIpc) is 3.13. The fourth-order valence-electron chi connectivity index (χ4n) is 2.95. The Morgan fingerprint density at radius 1 is 1.39 bits per heavy atom. The van der Waals surface area contributed by atoms with Gasteiger partial charge in [-0.1, -0.05) is 5.16 Å². The number of benzene rings is 1. The molecule has 3 heterocycles. The van der Waals surface area contributed by atoms with E-state index in [0.29, 0.717) is 23.1 Å². The van der Waals surface area contributed by atoms with E-state index in [2.05, 4.69) is 20.4 Å². The van der Waals surface area contributed by atoms with Crippen LogP contribution in [0.1, 0.15) is 17.4 Å². The van der Waals surface area contributed by atoms with Crippen LogP contribution in [0.2, 0.25) is 0 Å². The molecule has 7 heteroatoms. The van der Waals surface area contributed by atoms with Gasteiger partial charge in [0.25, 0.3) is 5.89 Å². The highest BCUT2D eigenvalue weighted by Crippen LogP contribution is 2.33. The number of halogens is 1. The Hall–Kier alpha value is -2.25. The van der Waals surface area contributed by atoms with Crippen molar-refractivity contribution < 1.29 is 13.3 Å². The van der Waals surface area contributed by atoms with Gasteiger partial charge in [0.15, 0.2) is 11.6 Å². The monoisotopic (exact) mass is 316 g/mol. The van der Waals surface area contributed by atoms with Crippen LogP contribution in [-0.2, 0) is 0 Å². The summed E-state index contributed by atoms with van der Waals surface area (Å²) >= 11 is 0. The third kappa shape index (κ3) is 2.42. The van der Waals surface area contributed by atoms with Gasteiger partial charge in [-0.05, 0) is 32.2 Å². The molecule has 3 aromatic rings. The number of hydrogen-bond donors (Lipinski definition) is 1. The quantitative estimate of drug-likeness (QED) is 0.783. The van der Waals surface area contributed by atoms with E-state index in [-0.39, 0.29) is 11.9 Å². The number of nitrogens with one attached hydrogen (secondary N) is 1. The summed E-state index contributed by atoms with van der Waals surface area (Å²) in [5.74, 6) is 1.15. The minimum atomic E-state index is -0.297. The lowest BCUT2D eigenvalue weighted by atomic mass is 10.1. The van der Waals surface area contributed by atoms with E-state index in [1.165, 1.54) is 12.1 Å². The van der Waals surface area contributed by atoms with Gasteiger partial charge >= 0.3 is 0 Å². The summed E-state index contributed by atoms with van der Waals surface area (Å²) in [6, 6.07) is 4.51. The SMILES string of the molecule is Cc1c(-c2nc(C3CNCCN3C)no2)oc2ccc(F)cc12. The number of fused-ring (bicyclic) bond motifs is 1. The van der Waals surface area contributed by atoms with Gasteiger partial charge in [0, 0.05) is 30.6 Å². The van der Waals surface area contributed by atoms with Crippen molar-refractivity contribution in [2.75, 3.05) is 26.7 Å². The first-order valence-corrected chi connectivity index (χ1v) is 7.57. The van der Waals surface area contributed by atoms with Gasteiger partial charge in [0.05, 0.1) is 6.04 Å². The van der Waals surface area contributed by atoms with Gasteiger partial charge < -0.3 is 14.3 Å². The largest absolute Gasteiger partial charge is 0.451 e. The Balaban J connectivity index is 1.73. The Labute approximate surface area is 132 Å². The van der Waals surface area contributed by atoms with E-state index in [4.69, 9.17) is 8.94 Å². The molecule has 1 aliphatic rings. The first-order chi connectivity index (χ1) is 11.1. The summed E-state index contributed by atoms with van der Waals surface area (Å²) in [6.45, 7) is 4.52. The Bertz CT molecular complexity index is 857. The van der Waals surface area contributed by atoms with Crippen molar-refractivity contribution in [2.24, 2.45) is 0 Å². The third-order valence-electron chi connectivity index (χ3n) is 4.34. The molecule has 0 saturated carbocycles. The van der Waals surface area contributed by atoms with Crippen LogP contribution >= 0.6 is 0 Å². The van der Waals surface area contributed by atoms with Crippen molar-refractivity contribution in [1.29, 1.82) is 0 Å². The molecule has 1 aliphatic heterocycles. The van der Waals surface area contributed by atoms with Crippen LogP contribution in [-0.4, -0.2) is 41.7 Å². The van der Waals surface area contributed by atoms with E-state index in [1.54, 1.807) is 6.07 Å². The van der Waals surface area contributed by atoms with Gasteiger partial charge in [-0.25, -0.2) is 4.39 Å². The standard InChI is InChI=1S/C16H17FN4O2/c1-9-11-7-10(17)3-4-13(11)22-14(9)16-19-15(20-23-16)12-8-18-5-6-21(12)2/h3-4,7,12,18H,5-6,8H2,1-2H3. The first kappa shape index (κ1) is 14.3. The molecule has 0 amide bonds. The zero-order chi connectivity index (χ0) is 16.0. The molecule has 1 saturated heterocycles. The van der Waals surface area contributed by atoms with Gasteiger partial charge in [-0.2, -0.15) is 4.98 Å². The van der Waals surface area contributed by atoms with E-state index >= 15 is 0 Å². The minimum Gasteiger partial charge on any atom is -0.451 e. The fourth-order valence-corrected chi connectivity index (χ4v) is 2.95. The third-order valence-corrected chi connectivity index (χ3v) is 4.34. The Morgan fingerprint density at radius 2 is 2.26 bits per heavy atom. The molecule has 1 N–H and O–H groups in total. The lowest BCUT2D eigenvalue weighted by Crippen LogP contribution is -2.44. The van der Waals surface area contributed by atoms with Crippen LogP contribution in [0.4, 0.5) is 4.39 Å². The lowest BCUT2D eigenvalue weighted by Gasteiger charge is -2.30. The minimum absolute atomic E-state index is 0.0726. The second-order valence-corrected chi connectivity index (χ2v) is 5.85. The molecule has 0 bridgehead atoms. The van der Waals surface area contributed by atoms with E-state index in [1.807, 2.05) is 14.0 Å². The van der Waals surface area contributed by atoms with Crippen molar-refractivity contribution in [3.05, 3.63) is 35.4 Å². The Morgan fingerprint density at radius 3 is 3.09 bits per heavy atom. The number of aryl methyl sites for hydroxylation is 1. The molecule has 4 rings (SSSR count). The number of hydrogen-bond acceptors (Lipinski definition) is 6. The summed E-state index contributed by atoms with van der Waals surface area (Å²) in [6.07, 6.45) is 0. The average molecular weight is 316 g/mol. The summed E-state index contributed by atoms with van der Waals surface area (Å²) in [5.41, 5.74) is 1.40. The van der Waals surface area contributed by atoms with E-state index in [9.17, 15) is 4.39 Å². The van der Waals surface area contributed by atoms with Crippen LogP contribution < -0.4 is 5.32 Å².